The Morgan fingerprint density at radius 3 is 2.48 bits per heavy atom. The Kier molecular flexibility index (Phi) is 3.35. The Balaban J connectivity index is 1.68. The van der Waals surface area contributed by atoms with Crippen molar-refractivity contribution in [2.45, 2.75) is 25.2 Å². The summed E-state index contributed by atoms with van der Waals surface area (Å²) in [5, 5.41) is 9.21. The molecule has 1 atom stereocenters. The second-order valence-electron chi connectivity index (χ2n) is 5.90. The SMILES string of the molecule is COc1ccc([C@H]2CCN(C(=O)C3(C(=O)O)CC3)C2)cc1. The number of methoxy groups -OCH3 is 1. The molecule has 2 aliphatic rings. The molecule has 0 radical (unpaired) electrons. The van der Waals surface area contributed by atoms with Crippen LogP contribution in [0.3, 0.4) is 0 Å². The minimum absolute atomic E-state index is 0.203. The molecule has 5 nitrogen and oxygen atoms in total. The van der Waals surface area contributed by atoms with Crippen molar-refractivity contribution in [3.63, 3.8) is 0 Å². The van der Waals surface area contributed by atoms with E-state index >= 15 is 0 Å². The number of benzene rings is 1. The number of carbonyl (C=O) groups excluding carboxylic acids is 1. The monoisotopic (exact) mass is 289 g/mol. The van der Waals surface area contributed by atoms with Gasteiger partial charge >= 0.3 is 5.97 Å². The first kappa shape index (κ1) is 13.9. The third-order valence-electron chi connectivity index (χ3n) is 4.63. The number of carbonyl (C=O) groups is 2. The van der Waals surface area contributed by atoms with E-state index < -0.39 is 11.4 Å². The maximum atomic E-state index is 12.4. The standard InChI is InChI=1S/C16H19NO4/c1-21-13-4-2-11(3-5-13)12-6-9-17(10-12)14(18)16(7-8-16)15(19)20/h2-5,12H,6-10H2,1H3,(H,19,20)/t12-/m0/s1. The van der Waals surface area contributed by atoms with Crippen LogP contribution in [0.25, 0.3) is 0 Å². The summed E-state index contributed by atoms with van der Waals surface area (Å²) >= 11 is 0. The molecule has 0 spiro atoms. The molecule has 1 amide bonds. The molecule has 1 aliphatic carbocycles. The lowest BCUT2D eigenvalue weighted by Gasteiger charge is -2.20. The molecular formula is C16H19NO4. The molecule has 0 aromatic heterocycles. The fourth-order valence-electron chi connectivity index (χ4n) is 3.04. The first-order valence-corrected chi connectivity index (χ1v) is 7.23. The number of hydrogen-bond donors (Lipinski definition) is 1. The summed E-state index contributed by atoms with van der Waals surface area (Å²) in [4.78, 5) is 25.3. The van der Waals surface area contributed by atoms with Gasteiger partial charge in [-0.2, -0.15) is 0 Å². The number of aliphatic carboxylic acids is 1. The van der Waals surface area contributed by atoms with E-state index in [0.29, 0.717) is 25.9 Å². The Hall–Kier alpha value is -2.04. The number of likely N-dealkylation sites (tertiary alicyclic amines) is 1. The van der Waals surface area contributed by atoms with Crippen LogP contribution in [0.15, 0.2) is 24.3 Å². The van der Waals surface area contributed by atoms with Gasteiger partial charge < -0.3 is 14.7 Å². The molecule has 1 saturated heterocycles. The van der Waals surface area contributed by atoms with Crippen LogP contribution in [-0.4, -0.2) is 42.1 Å². The van der Waals surface area contributed by atoms with Crippen LogP contribution < -0.4 is 4.74 Å². The van der Waals surface area contributed by atoms with Crippen LogP contribution >= 0.6 is 0 Å². The van der Waals surface area contributed by atoms with Gasteiger partial charge in [0.1, 0.15) is 11.2 Å². The normalized spacial score (nSPS) is 22.9. The molecule has 3 rings (SSSR count). The van der Waals surface area contributed by atoms with Crippen molar-refractivity contribution in [3.05, 3.63) is 29.8 Å². The molecule has 0 bridgehead atoms. The van der Waals surface area contributed by atoms with Crippen LogP contribution in [0.1, 0.15) is 30.7 Å². The molecule has 112 valence electrons. The molecule has 1 heterocycles. The Morgan fingerprint density at radius 1 is 1.29 bits per heavy atom. The number of rotatable bonds is 4. The van der Waals surface area contributed by atoms with Gasteiger partial charge in [0, 0.05) is 19.0 Å². The number of hydrogen-bond acceptors (Lipinski definition) is 3. The highest BCUT2D eigenvalue weighted by Crippen LogP contribution is 2.48. The summed E-state index contributed by atoms with van der Waals surface area (Å²) in [5.41, 5.74) is 0.0562. The smallest absolute Gasteiger partial charge is 0.319 e. The number of nitrogens with zero attached hydrogens (tertiary/aromatic N) is 1. The Morgan fingerprint density at radius 2 is 1.95 bits per heavy atom. The summed E-state index contributed by atoms with van der Waals surface area (Å²) in [6.45, 7) is 1.25. The minimum Gasteiger partial charge on any atom is -0.497 e. The highest BCUT2D eigenvalue weighted by molar-refractivity contribution is 6.04. The first-order chi connectivity index (χ1) is 10.1. The molecule has 1 N–H and O–H groups in total. The van der Waals surface area contributed by atoms with E-state index in [-0.39, 0.29) is 11.8 Å². The van der Waals surface area contributed by atoms with Crippen LogP contribution in [0.4, 0.5) is 0 Å². The summed E-state index contributed by atoms with van der Waals surface area (Å²) in [7, 11) is 1.63. The van der Waals surface area contributed by atoms with Crippen molar-refractivity contribution >= 4 is 11.9 Å². The zero-order valence-corrected chi connectivity index (χ0v) is 12.0. The van der Waals surface area contributed by atoms with Crippen molar-refractivity contribution in [1.29, 1.82) is 0 Å². The summed E-state index contributed by atoms with van der Waals surface area (Å²) in [5.74, 6) is -0.0802. The lowest BCUT2D eigenvalue weighted by molar-refractivity contribution is -0.152. The van der Waals surface area contributed by atoms with Gasteiger partial charge in [0.2, 0.25) is 5.91 Å². The highest BCUT2D eigenvalue weighted by Gasteiger charge is 2.59. The Labute approximate surface area is 123 Å². The average molecular weight is 289 g/mol. The fourth-order valence-corrected chi connectivity index (χ4v) is 3.04. The predicted octanol–water partition coefficient (Wildman–Crippen LogP) is 1.88. The number of carboxylic acid groups (broad SMARTS) is 1. The maximum absolute atomic E-state index is 12.4. The zero-order valence-electron chi connectivity index (χ0n) is 12.0. The molecule has 0 unspecified atom stereocenters. The number of carboxylic acids is 1. The third-order valence-corrected chi connectivity index (χ3v) is 4.63. The quantitative estimate of drug-likeness (QED) is 0.859. The molecule has 5 heteroatoms. The average Bonchev–Trinajstić information content (AvgIpc) is 3.18. The van der Waals surface area contributed by atoms with Gasteiger partial charge in [-0.1, -0.05) is 12.1 Å². The van der Waals surface area contributed by atoms with Crippen LogP contribution in [0, 0.1) is 5.41 Å². The Bertz CT molecular complexity index is 562. The summed E-state index contributed by atoms with van der Waals surface area (Å²) < 4.78 is 5.14. The van der Waals surface area contributed by atoms with E-state index in [1.165, 1.54) is 5.56 Å². The molecule has 2 fully saturated rings. The third kappa shape index (κ3) is 2.37. The second-order valence-corrected chi connectivity index (χ2v) is 5.90. The van der Waals surface area contributed by atoms with Crippen molar-refractivity contribution < 1.29 is 19.4 Å². The molecule has 1 saturated carbocycles. The van der Waals surface area contributed by atoms with Gasteiger partial charge in [0.05, 0.1) is 7.11 Å². The molecule has 1 aromatic rings. The van der Waals surface area contributed by atoms with E-state index in [1.807, 2.05) is 24.3 Å². The van der Waals surface area contributed by atoms with Crippen LogP contribution in [0.2, 0.25) is 0 Å². The van der Waals surface area contributed by atoms with Crippen LogP contribution in [-0.2, 0) is 9.59 Å². The fraction of sp³-hybridized carbons (Fsp3) is 0.500. The van der Waals surface area contributed by atoms with Crippen molar-refractivity contribution in [1.82, 2.24) is 4.90 Å². The maximum Gasteiger partial charge on any atom is 0.319 e. The predicted molar refractivity (Wildman–Crippen MR) is 76.2 cm³/mol. The first-order valence-electron chi connectivity index (χ1n) is 7.23. The van der Waals surface area contributed by atoms with E-state index in [2.05, 4.69) is 0 Å². The zero-order chi connectivity index (χ0) is 15.0. The topological polar surface area (TPSA) is 66.8 Å². The van der Waals surface area contributed by atoms with Gasteiger partial charge in [-0.25, -0.2) is 0 Å². The minimum atomic E-state index is -1.12. The highest BCUT2D eigenvalue weighted by atomic mass is 16.5. The number of ether oxygens (including phenoxy) is 1. The summed E-state index contributed by atoms with van der Waals surface area (Å²) in [6, 6.07) is 7.86. The van der Waals surface area contributed by atoms with E-state index in [4.69, 9.17) is 4.74 Å². The number of amides is 1. The van der Waals surface area contributed by atoms with Gasteiger partial charge in [-0.05, 0) is 37.0 Å². The van der Waals surface area contributed by atoms with Gasteiger partial charge in [-0.3, -0.25) is 9.59 Å². The lowest BCUT2D eigenvalue weighted by atomic mass is 9.98. The van der Waals surface area contributed by atoms with Gasteiger partial charge in [-0.15, -0.1) is 0 Å². The van der Waals surface area contributed by atoms with E-state index in [9.17, 15) is 14.7 Å². The largest absolute Gasteiger partial charge is 0.497 e. The van der Waals surface area contributed by atoms with Crippen molar-refractivity contribution in [3.8, 4) is 5.75 Å². The van der Waals surface area contributed by atoms with Crippen molar-refractivity contribution in [2.75, 3.05) is 20.2 Å². The van der Waals surface area contributed by atoms with Gasteiger partial charge in [0.25, 0.3) is 0 Å². The van der Waals surface area contributed by atoms with Crippen molar-refractivity contribution in [2.24, 2.45) is 5.41 Å². The second kappa shape index (κ2) is 5.06. The molecule has 1 aromatic carbocycles. The van der Waals surface area contributed by atoms with Gasteiger partial charge in [0.15, 0.2) is 0 Å². The van der Waals surface area contributed by atoms with E-state index in [0.717, 1.165) is 12.2 Å². The molecule has 21 heavy (non-hydrogen) atoms. The lowest BCUT2D eigenvalue weighted by Crippen LogP contribution is -2.39. The summed E-state index contributed by atoms with van der Waals surface area (Å²) in [6.07, 6.45) is 1.84. The van der Waals surface area contributed by atoms with Crippen LogP contribution in [0.5, 0.6) is 5.75 Å². The molecular weight excluding hydrogens is 270 g/mol. The molecule has 1 aliphatic heterocycles. The van der Waals surface area contributed by atoms with E-state index in [1.54, 1.807) is 12.0 Å².